The normalized spacial score (nSPS) is 10.0. The van der Waals surface area contributed by atoms with Crippen LogP contribution in [0.4, 0.5) is 0 Å². The van der Waals surface area contributed by atoms with Crippen molar-refractivity contribution in [1.82, 2.24) is 15.8 Å². The minimum absolute atomic E-state index is 0.240. The molecule has 0 spiro atoms. The molecule has 5 nitrogen and oxygen atoms in total. The standard InChI is InChI=1S/C21H19N3O2/c1-16(18-11-13-22-14-12-18)23-24-21(25)19-9-7-17(8-10-19)15-26-20-5-3-2-4-6-20/h2-14,23H,1,15H2,(H,24,25). The molecule has 2 N–H and O–H groups in total. The van der Waals surface area contributed by atoms with Crippen molar-refractivity contribution < 1.29 is 9.53 Å². The van der Waals surface area contributed by atoms with Crippen LogP contribution in [0, 0.1) is 0 Å². The van der Waals surface area contributed by atoms with Crippen LogP contribution >= 0.6 is 0 Å². The number of benzene rings is 2. The second kappa shape index (κ2) is 8.48. The summed E-state index contributed by atoms with van der Waals surface area (Å²) >= 11 is 0. The summed E-state index contributed by atoms with van der Waals surface area (Å²) < 4.78 is 5.69. The molecule has 1 heterocycles. The molecule has 2 aromatic carbocycles. The second-order valence-electron chi connectivity index (χ2n) is 5.59. The van der Waals surface area contributed by atoms with Crippen LogP contribution in [0.15, 0.2) is 85.7 Å². The molecule has 3 rings (SSSR count). The Kier molecular flexibility index (Phi) is 5.62. The number of nitrogens with zero attached hydrogens (tertiary/aromatic N) is 1. The zero-order valence-corrected chi connectivity index (χ0v) is 14.2. The molecule has 0 saturated heterocycles. The number of pyridine rings is 1. The Morgan fingerprint density at radius 3 is 2.27 bits per heavy atom. The average molecular weight is 345 g/mol. The van der Waals surface area contributed by atoms with Crippen LogP contribution in [0.5, 0.6) is 5.75 Å². The van der Waals surface area contributed by atoms with Crippen molar-refractivity contribution in [2.75, 3.05) is 0 Å². The number of hydrogen-bond donors (Lipinski definition) is 2. The zero-order chi connectivity index (χ0) is 18.2. The van der Waals surface area contributed by atoms with E-state index in [0.29, 0.717) is 17.9 Å². The first-order valence-corrected chi connectivity index (χ1v) is 8.15. The van der Waals surface area contributed by atoms with E-state index in [1.165, 1.54) is 0 Å². The topological polar surface area (TPSA) is 63.2 Å². The first-order chi connectivity index (χ1) is 12.7. The molecule has 26 heavy (non-hydrogen) atoms. The predicted molar refractivity (Wildman–Crippen MR) is 101 cm³/mol. The number of hydrogen-bond acceptors (Lipinski definition) is 4. The van der Waals surface area contributed by atoms with Crippen LogP contribution in [0.3, 0.4) is 0 Å². The van der Waals surface area contributed by atoms with Crippen LogP contribution < -0.4 is 15.6 Å². The van der Waals surface area contributed by atoms with Crippen molar-refractivity contribution in [2.24, 2.45) is 0 Å². The van der Waals surface area contributed by atoms with Gasteiger partial charge in [0.2, 0.25) is 0 Å². The Labute approximate surface area is 152 Å². The van der Waals surface area contributed by atoms with Gasteiger partial charge in [-0.25, -0.2) is 0 Å². The number of nitrogens with one attached hydrogen (secondary N) is 2. The van der Waals surface area contributed by atoms with Gasteiger partial charge >= 0.3 is 0 Å². The molecule has 0 atom stereocenters. The van der Waals surface area contributed by atoms with Crippen molar-refractivity contribution in [3.63, 3.8) is 0 Å². The molecule has 0 bridgehead atoms. The Morgan fingerprint density at radius 1 is 0.885 bits per heavy atom. The van der Waals surface area contributed by atoms with Crippen LogP contribution in [-0.4, -0.2) is 10.9 Å². The Hall–Kier alpha value is -3.60. The molecule has 5 heteroatoms. The number of hydrazine groups is 1. The van der Waals surface area contributed by atoms with Gasteiger partial charge in [-0.15, -0.1) is 0 Å². The van der Waals surface area contributed by atoms with Gasteiger partial charge in [0, 0.05) is 23.5 Å². The molecule has 0 aliphatic heterocycles. The van der Waals surface area contributed by atoms with Crippen molar-refractivity contribution in [1.29, 1.82) is 0 Å². The Balaban J connectivity index is 1.51. The van der Waals surface area contributed by atoms with Gasteiger partial charge in [-0.2, -0.15) is 0 Å². The molecule has 0 fully saturated rings. The monoisotopic (exact) mass is 345 g/mol. The van der Waals surface area contributed by atoms with Gasteiger partial charge in [-0.1, -0.05) is 36.9 Å². The summed E-state index contributed by atoms with van der Waals surface area (Å²) in [4.78, 5) is 16.2. The van der Waals surface area contributed by atoms with Crippen molar-refractivity contribution >= 4 is 11.6 Å². The molecule has 1 aromatic heterocycles. The molecular formula is C21H19N3O2. The SMILES string of the molecule is C=C(NNC(=O)c1ccc(COc2ccccc2)cc1)c1ccncc1. The fraction of sp³-hybridized carbons (Fsp3) is 0.0476. The minimum Gasteiger partial charge on any atom is -0.489 e. The highest BCUT2D eigenvalue weighted by atomic mass is 16.5. The molecule has 0 aliphatic rings. The van der Waals surface area contributed by atoms with E-state index in [4.69, 9.17) is 4.74 Å². The van der Waals surface area contributed by atoms with E-state index >= 15 is 0 Å². The van der Waals surface area contributed by atoms with Crippen molar-refractivity contribution in [3.05, 3.63) is 102 Å². The van der Waals surface area contributed by atoms with Crippen molar-refractivity contribution in [2.45, 2.75) is 6.61 Å². The number of carbonyl (C=O) groups is 1. The summed E-state index contributed by atoms with van der Waals surface area (Å²) in [6, 6.07) is 20.5. The summed E-state index contributed by atoms with van der Waals surface area (Å²) in [5, 5.41) is 0. The highest BCUT2D eigenvalue weighted by Crippen LogP contribution is 2.12. The number of amides is 1. The third kappa shape index (κ3) is 4.70. The quantitative estimate of drug-likeness (QED) is 0.643. The van der Waals surface area contributed by atoms with Crippen LogP contribution in [-0.2, 0) is 6.61 Å². The van der Waals surface area contributed by atoms with E-state index in [9.17, 15) is 4.79 Å². The lowest BCUT2D eigenvalue weighted by atomic mass is 10.1. The summed E-state index contributed by atoms with van der Waals surface area (Å²) in [5.41, 5.74) is 8.42. The van der Waals surface area contributed by atoms with E-state index in [-0.39, 0.29) is 5.91 Å². The van der Waals surface area contributed by atoms with E-state index < -0.39 is 0 Å². The van der Waals surface area contributed by atoms with Crippen LogP contribution in [0.2, 0.25) is 0 Å². The predicted octanol–water partition coefficient (Wildman–Crippen LogP) is 3.57. The van der Waals surface area contributed by atoms with Gasteiger partial charge in [0.05, 0.1) is 5.70 Å². The average Bonchev–Trinajstić information content (AvgIpc) is 2.72. The molecule has 1 amide bonds. The second-order valence-corrected chi connectivity index (χ2v) is 5.59. The van der Waals surface area contributed by atoms with Gasteiger partial charge in [0.25, 0.3) is 5.91 Å². The first kappa shape index (κ1) is 17.2. The smallest absolute Gasteiger partial charge is 0.269 e. The third-order valence-electron chi connectivity index (χ3n) is 3.72. The van der Waals surface area contributed by atoms with Gasteiger partial charge < -0.3 is 4.74 Å². The van der Waals surface area contributed by atoms with E-state index in [0.717, 1.165) is 16.9 Å². The number of aromatic nitrogens is 1. The molecule has 3 aromatic rings. The lowest BCUT2D eigenvalue weighted by Gasteiger charge is -2.11. The van der Waals surface area contributed by atoms with Gasteiger partial charge in [0.15, 0.2) is 0 Å². The number of rotatable bonds is 7. The summed E-state index contributed by atoms with van der Waals surface area (Å²) in [6.07, 6.45) is 3.33. The lowest BCUT2D eigenvalue weighted by Crippen LogP contribution is -2.35. The maximum absolute atomic E-state index is 12.2. The summed E-state index contributed by atoms with van der Waals surface area (Å²) in [7, 11) is 0. The van der Waals surface area contributed by atoms with Gasteiger partial charge in [-0.05, 0) is 42.0 Å². The highest BCUT2D eigenvalue weighted by Gasteiger charge is 2.06. The van der Waals surface area contributed by atoms with E-state index in [2.05, 4.69) is 22.4 Å². The molecule has 0 aliphatic carbocycles. The number of ether oxygens (including phenoxy) is 1. The molecule has 0 saturated carbocycles. The highest BCUT2D eigenvalue weighted by molar-refractivity contribution is 5.94. The van der Waals surface area contributed by atoms with E-state index in [1.807, 2.05) is 54.6 Å². The summed E-state index contributed by atoms with van der Waals surface area (Å²) in [6.45, 7) is 4.34. The first-order valence-electron chi connectivity index (χ1n) is 8.15. The van der Waals surface area contributed by atoms with Crippen LogP contribution in [0.25, 0.3) is 5.70 Å². The Morgan fingerprint density at radius 2 is 1.58 bits per heavy atom. The maximum Gasteiger partial charge on any atom is 0.269 e. The minimum atomic E-state index is -0.240. The molecule has 0 radical (unpaired) electrons. The molecular weight excluding hydrogens is 326 g/mol. The zero-order valence-electron chi connectivity index (χ0n) is 14.2. The van der Waals surface area contributed by atoms with Gasteiger partial charge in [-0.3, -0.25) is 20.6 Å². The number of carbonyl (C=O) groups excluding carboxylic acids is 1. The fourth-order valence-corrected chi connectivity index (χ4v) is 2.27. The van der Waals surface area contributed by atoms with Gasteiger partial charge in [0.1, 0.15) is 12.4 Å². The lowest BCUT2D eigenvalue weighted by molar-refractivity contribution is 0.0942. The van der Waals surface area contributed by atoms with E-state index in [1.54, 1.807) is 24.5 Å². The fourth-order valence-electron chi connectivity index (χ4n) is 2.27. The largest absolute Gasteiger partial charge is 0.489 e. The van der Waals surface area contributed by atoms with Crippen LogP contribution in [0.1, 0.15) is 21.5 Å². The Bertz CT molecular complexity index is 863. The van der Waals surface area contributed by atoms with Crippen molar-refractivity contribution in [3.8, 4) is 5.75 Å². The maximum atomic E-state index is 12.2. The summed E-state index contributed by atoms with van der Waals surface area (Å²) in [5.74, 6) is 0.573. The third-order valence-corrected chi connectivity index (χ3v) is 3.72. The molecule has 0 unspecified atom stereocenters. The molecule has 130 valence electrons. The number of para-hydroxylation sites is 1.